The molecule has 1 aliphatic heterocycles. The molecule has 2 aliphatic rings. The van der Waals surface area contributed by atoms with E-state index < -0.39 is 17.2 Å². The van der Waals surface area contributed by atoms with Gasteiger partial charge in [-0.25, -0.2) is 0 Å². The van der Waals surface area contributed by atoms with Crippen LogP contribution >= 0.6 is 0 Å². The van der Waals surface area contributed by atoms with Crippen LogP contribution in [0.5, 0.6) is 0 Å². The molecule has 1 aliphatic carbocycles. The number of nitrogens with one attached hydrogen (secondary N) is 1. The lowest BCUT2D eigenvalue weighted by Gasteiger charge is -2.35. The van der Waals surface area contributed by atoms with Crippen LogP contribution in [0.4, 0.5) is 13.2 Å². The maximum Gasteiger partial charge on any atom is 0.416 e. The number of fused-ring (bicyclic) bond motifs is 2. The van der Waals surface area contributed by atoms with Crippen molar-refractivity contribution in [1.29, 1.82) is 0 Å². The van der Waals surface area contributed by atoms with Gasteiger partial charge in [0.25, 0.3) is 0 Å². The highest BCUT2D eigenvalue weighted by atomic mass is 19.4. The summed E-state index contributed by atoms with van der Waals surface area (Å²) in [5, 5.41) is 2.76. The highest BCUT2D eigenvalue weighted by Crippen LogP contribution is 2.45. The molecular formula is C14H14F3NO. The van der Waals surface area contributed by atoms with Crippen LogP contribution in [0.15, 0.2) is 18.2 Å². The largest absolute Gasteiger partial charge is 0.416 e. The van der Waals surface area contributed by atoms with Gasteiger partial charge in [0.15, 0.2) is 0 Å². The fourth-order valence-electron chi connectivity index (χ4n) is 3.42. The molecule has 1 heterocycles. The molecule has 0 radical (unpaired) electrons. The zero-order valence-corrected chi connectivity index (χ0v) is 10.3. The summed E-state index contributed by atoms with van der Waals surface area (Å²) in [7, 11) is 0. The van der Waals surface area contributed by atoms with Crippen molar-refractivity contribution in [2.24, 2.45) is 0 Å². The molecule has 1 spiro atoms. The molecule has 0 aromatic heterocycles. The normalized spacial score (nSPS) is 26.4. The van der Waals surface area contributed by atoms with Crippen LogP contribution in [0.25, 0.3) is 0 Å². The SMILES string of the molecule is O=C1CC2(CCCc3c(C(F)(F)F)cccc32)CN1. The van der Waals surface area contributed by atoms with Crippen LogP contribution in [0.1, 0.15) is 36.0 Å². The second-order valence-electron chi connectivity index (χ2n) is 5.42. The summed E-state index contributed by atoms with van der Waals surface area (Å²) in [4.78, 5) is 11.5. The lowest BCUT2D eigenvalue weighted by atomic mass is 9.68. The number of hydrogen-bond donors (Lipinski definition) is 1. The molecule has 2 nitrogen and oxygen atoms in total. The Morgan fingerprint density at radius 3 is 2.68 bits per heavy atom. The van der Waals surface area contributed by atoms with Crippen molar-refractivity contribution in [3.05, 3.63) is 34.9 Å². The van der Waals surface area contributed by atoms with Gasteiger partial charge in [0.1, 0.15) is 0 Å². The average Bonchev–Trinajstić information content (AvgIpc) is 2.70. The molecule has 1 unspecified atom stereocenters. The predicted molar refractivity (Wildman–Crippen MR) is 63.7 cm³/mol. The quantitative estimate of drug-likeness (QED) is 0.771. The Labute approximate surface area is 109 Å². The Hall–Kier alpha value is -1.52. The molecule has 1 amide bonds. The van der Waals surface area contributed by atoms with Gasteiger partial charge in [0, 0.05) is 18.4 Å². The number of halogens is 3. The van der Waals surface area contributed by atoms with Crippen molar-refractivity contribution < 1.29 is 18.0 Å². The molecule has 0 saturated carbocycles. The third-order valence-corrected chi connectivity index (χ3v) is 4.26. The monoisotopic (exact) mass is 269 g/mol. The number of carbonyl (C=O) groups excluding carboxylic acids is 1. The third kappa shape index (κ3) is 1.91. The summed E-state index contributed by atoms with van der Waals surface area (Å²) in [5.41, 5.74) is 0.138. The lowest BCUT2D eigenvalue weighted by molar-refractivity contribution is -0.138. The summed E-state index contributed by atoms with van der Waals surface area (Å²) in [6, 6.07) is 4.35. The molecule has 3 rings (SSSR count). The molecule has 5 heteroatoms. The first kappa shape index (κ1) is 12.5. The second kappa shape index (κ2) is 3.99. The molecule has 1 N–H and O–H groups in total. The van der Waals surface area contributed by atoms with Gasteiger partial charge in [-0.1, -0.05) is 12.1 Å². The number of carbonyl (C=O) groups is 1. The van der Waals surface area contributed by atoms with E-state index in [2.05, 4.69) is 5.32 Å². The molecular weight excluding hydrogens is 255 g/mol. The zero-order chi connectivity index (χ0) is 13.7. The Kier molecular flexibility index (Phi) is 2.62. The highest BCUT2D eigenvalue weighted by Gasteiger charge is 2.45. The molecule has 1 aromatic carbocycles. The first-order valence-corrected chi connectivity index (χ1v) is 6.39. The minimum atomic E-state index is -4.32. The average molecular weight is 269 g/mol. The summed E-state index contributed by atoms with van der Waals surface area (Å²) < 4.78 is 39.1. The smallest absolute Gasteiger partial charge is 0.355 e. The predicted octanol–water partition coefficient (Wildman–Crippen LogP) is 2.80. The van der Waals surface area contributed by atoms with Gasteiger partial charge in [-0.2, -0.15) is 13.2 Å². The summed E-state index contributed by atoms with van der Waals surface area (Å²) in [6.45, 7) is 0.458. The van der Waals surface area contributed by atoms with E-state index in [0.717, 1.165) is 12.5 Å². The summed E-state index contributed by atoms with van der Waals surface area (Å²) in [6.07, 6.45) is -2.09. The second-order valence-corrected chi connectivity index (χ2v) is 5.42. The topological polar surface area (TPSA) is 29.1 Å². The van der Waals surface area contributed by atoms with Crippen LogP contribution < -0.4 is 5.32 Å². The maximum atomic E-state index is 13.0. The Morgan fingerprint density at radius 1 is 1.26 bits per heavy atom. The van der Waals surface area contributed by atoms with Crippen LogP contribution in [0, 0.1) is 0 Å². The summed E-state index contributed by atoms with van der Waals surface area (Å²) in [5.74, 6) is -0.0646. The van der Waals surface area contributed by atoms with E-state index in [9.17, 15) is 18.0 Å². The number of amides is 1. The van der Waals surface area contributed by atoms with Gasteiger partial charge in [0.05, 0.1) is 5.56 Å². The Bertz CT molecular complexity index is 538. The molecule has 19 heavy (non-hydrogen) atoms. The van der Waals surface area contributed by atoms with Crippen molar-refractivity contribution in [1.82, 2.24) is 5.32 Å². The first-order chi connectivity index (χ1) is 8.92. The van der Waals surface area contributed by atoms with E-state index in [0.29, 0.717) is 36.9 Å². The number of hydrogen-bond acceptors (Lipinski definition) is 1. The fourth-order valence-corrected chi connectivity index (χ4v) is 3.42. The van der Waals surface area contributed by atoms with E-state index in [1.165, 1.54) is 6.07 Å². The minimum Gasteiger partial charge on any atom is -0.355 e. The maximum absolute atomic E-state index is 13.0. The minimum absolute atomic E-state index is 0.0646. The molecule has 1 aromatic rings. The highest BCUT2D eigenvalue weighted by molar-refractivity contribution is 5.81. The van der Waals surface area contributed by atoms with Crippen molar-refractivity contribution >= 4 is 5.91 Å². The van der Waals surface area contributed by atoms with Crippen LogP contribution in [0.3, 0.4) is 0 Å². The van der Waals surface area contributed by atoms with Gasteiger partial charge in [-0.3, -0.25) is 4.79 Å². The van der Waals surface area contributed by atoms with Crippen molar-refractivity contribution in [2.75, 3.05) is 6.54 Å². The van der Waals surface area contributed by atoms with E-state index in [1.54, 1.807) is 6.07 Å². The first-order valence-electron chi connectivity index (χ1n) is 6.39. The van der Waals surface area contributed by atoms with Crippen LogP contribution in [-0.2, 0) is 22.8 Å². The van der Waals surface area contributed by atoms with Gasteiger partial charge in [0.2, 0.25) is 5.91 Å². The summed E-state index contributed by atoms with van der Waals surface area (Å²) >= 11 is 0. The molecule has 1 fully saturated rings. The number of benzene rings is 1. The van der Waals surface area contributed by atoms with Crippen LogP contribution in [-0.4, -0.2) is 12.5 Å². The lowest BCUT2D eigenvalue weighted by Crippen LogP contribution is -2.34. The van der Waals surface area contributed by atoms with E-state index in [-0.39, 0.29) is 5.91 Å². The molecule has 0 bridgehead atoms. The molecule has 102 valence electrons. The van der Waals surface area contributed by atoms with Gasteiger partial charge in [-0.15, -0.1) is 0 Å². The fraction of sp³-hybridized carbons (Fsp3) is 0.500. The van der Waals surface area contributed by atoms with E-state index in [4.69, 9.17) is 0 Å². The molecule has 1 saturated heterocycles. The zero-order valence-electron chi connectivity index (χ0n) is 10.3. The standard InChI is InChI=1S/C14H14F3NO/c15-14(16,17)11-5-1-4-10-9(11)3-2-6-13(10)7-12(19)18-8-13/h1,4-5H,2-3,6-8H2,(H,18,19). The van der Waals surface area contributed by atoms with E-state index in [1.807, 2.05) is 0 Å². The molecule has 1 atom stereocenters. The number of rotatable bonds is 0. The van der Waals surface area contributed by atoms with Gasteiger partial charge < -0.3 is 5.32 Å². The Balaban J connectivity index is 2.14. The van der Waals surface area contributed by atoms with Crippen molar-refractivity contribution in [3.8, 4) is 0 Å². The van der Waals surface area contributed by atoms with Gasteiger partial charge >= 0.3 is 6.18 Å². The number of alkyl halides is 3. The van der Waals surface area contributed by atoms with Crippen molar-refractivity contribution in [3.63, 3.8) is 0 Å². The third-order valence-electron chi connectivity index (χ3n) is 4.26. The van der Waals surface area contributed by atoms with E-state index >= 15 is 0 Å². The van der Waals surface area contributed by atoms with Crippen LogP contribution in [0.2, 0.25) is 0 Å². The Morgan fingerprint density at radius 2 is 2.05 bits per heavy atom. The van der Waals surface area contributed by atoms with Crippen molar-refractivity contribution in [2.45, 2.75) is 37.3 Å². The van der Waals surface area contributed by atoms with Gasteiger partial charge in [-0.05, 0) is 36.5 Å².